The molecule has 0 amide bonds. The van der Waals surface area contributed by atoms with Crippen molar-refractivity contribution in [3.05, 3.63) is 40.2 Å². The van der Waals surface area contributed by atoms with Crippen LogP contribution in [0.5, 0.6) is 0 Å². The number of hydrogen-bond acceptors (Lipinski definition) is 5. The van der Waals surface area contributed by atoms with Gasteiger partial charge in [-0.1, -0.05) is 13.8 Å². The van der Waals surface area contributed by atoms with Gasteiger partial charge >= 0.3 is 0 Å². The quantitative estimate of drug-likeness (QED) is 0.489. The minimum atomic E-state index is -1.44. The van der Waals surface area contributed by atoms with Gasteiger partial charge in [-0.15, -0.1) is 11.3 Å². The average Bonchev–Trinajstić information content (AvgIpc) is 3.22. The van der Waals surface area contributed by atoms with E-state index in [2.05, 4.69) is 42.8 Å². The summed E-state index contributed by atoms with van der Waals surface area (Å²) in [5.74, 6) is 0.289. The van der Waals surface area contributed by atoms with Gasteiger partial charge in [0.05, 0.1) is 20.8 Å². The van der Waals surface area contributed by atoms with E-state index >= 15 is 0 Å². The number of fused-ring (bicyclic) bond motifs is 2. The number of aromatic nitrogens is 4. The first-order chi connectivity index (χ1) is 11.9. The van der Waals surface area contributed by atoms with Crippen molar-refractivity contribution in [2.24, 2.45) is 0 Å². The minimum absolute atomic E-state index is 0.289. The molecule has 4 aromatic heterocycles. The van der Waals surface area contributed by atoms with Gasteiger partial charge in [0.15, 0.2) is 11.9 Å². The van der Waals surface area contributed by atoms with Crippen LogP contribution in [0, 0.1) is 13.8 Å². The predicted octanol–water partition coefficient (Wildman–Crippen LogP) is 3.66. The Labute approximate surface area is 148 Å². The van der Waals surface area contributed by atoms with Gasteiger partial charge in [-0.3, -0.25) is 0 Å². The van der Waals surface area contributed by atoms with Crippen molar-refractivity contribution in [1.82, 2.24) is 19.6 Å². The molecule has 6 nitrogen and oxygen atoms in total. The van der Waals surface area contributed by atoms with Gasteiger partial charge in [0.2, 0.25) is 0 Å². The lowest BCUT2D eigenvalue weighted by Crippen LogP contribution is -1.99. The molecule has 0 aliphatic heterocycles. The summed E-state index contributed by atoms with van der Waals surface area (Å²) in [6, 6.07) is 1.82. The summed E-state index contributed by atoms with van der Waals surface area (Å²) in [7, 11) is 0. The molecule has 4 heterocycles. The van der Waals surface area contributed by atoms with E-state index in [4.69, 9.17) is 0 Å². The summed E-state index contributed by atoms with van der Waals surface area (Å²) in [5, 5.41) is 23.2. The molecule has 0 unspecified atom stereocenters. The lowest BCUT2D eigenvalue weighted by Gasteiger charge is -2.13. The number of aliphatic hydroxyl groups is 2. The van der Waals surface area contributed by atoms with Crippen LogP contribution in [0.2, 0.25) is 0 Å². The third-order valence-electron chi connectivity index (χ3n) is 4.75. The average molecular weight is 356 g/mol. The Morgan fingerprint density at radius 1 is 1.20 bits per heavy atom. The van der Waals surface area contributed by atoms with Crippen LogP contribution >= 0.6 is 11.3 Å². The summed E-state index contributed by atoms with van der Waals surface area (Å²) in [4.78, 5) is 8.36. The Bertz CT molecular complexity index is 1090. The number of aromatic amines is 1. The summed E-state index contributed by atoms with van der Waals surface area (Å²) >= 11 is 1.43. The Balaban J connectivity index is 2.02. The number of aliphatic hydroxyl groups excluding tert-OH is 1. The predicted molar refractivity (Wildman–Crippen MR) is 98.9 cm³/mol. The molecular formula is C18H20N4O2S. The fraction of sp³-hybridized carbons (Fsp3) is 0.333. The number of aryl methyl sites for hydroxylation is 1. The van der Waals surface area contributed by atoms with E-state index in [0.717, 1.165) is 32.7 Å². The van der Waals surface area contributed by atoms with E-state index in [1.54, 1.807) is 10.8 Å². The molecule has 0 spiro atoms. The molecule has 0 radical (unpaired) electrons. The maximum atomic E-state index is 9.47. The molecule has 0 aliphatic carbocycles. The SMILES string of the molecule is Cc1c(-c2[nH]c3cc(C(O)O)sc3c2C(C)C)cn2ncnc2c1C. The van der Waals surface area contributed by atoms with Crippen LogP contribution in [0.15, 0.2) is 18.6 Å². The van der Waals surface area contributed by atoms with Crippen molar-refractivity contribution in [2.75, 3.05) is 0 Å². The second-order valence-corrected chi connectivity index (χ2v) is 7.74. The Hall–Kier alpha value is -2.22. The molecule has 0 aliphatic rings. The fourth-order valence-corrected chi connectivity index (χ4v) is 4.55. The van der Waals surface area contributed by atoms with Crippen molar-refractivity contribution in [3.8, 4) is 11.3 Å². The first-order valence-electron chi connectivity index (χ1n) is 8.19. The zero-order chi connectivity index (χ0) is 17.9. The van der Waals surface area contributed by atoms with Crippen molar-refractivity contribution in [2.45, 2.75) is 39.9 Å². The molecule has 4 aromatic rings. The van der Waals surface area contributed by atoms with Gasteiger partial charge in [0, 0.05) is 11.8 Å². The molecule has 0 fully saturated rings. The van der Waals surface area contributed by atoms with Crippen LogP contribution in [0.25, 0.3) is 27.1 Å². The first kappa shape index (κ1) is 16.3. The molecule has 3 N–H and O–H groups in total. The fourth-order valence-electron chi connectivity index (χ4n) is 3.36. The number of H-pyrrole nitrogens is 1. The highest BCUT2D eigenvalue weighted by Crippen LogP contribution is 2.42. The van der Waals surface area contributed by atoms with Crippen LogP contribution in [-0.4, -0.2) is 29.8 Å². The zero-order valence-electron chi connectivity index (χ0n) is 14.5. The van der Waals surface area contributed by atoms with E-state index in [9.17, 15) is 10.2 Å². The summed E-state index contributed by atoms with van der Waals surface area (Å²) in [6.45, 7) is 8.46. The number of rotatable bonds is 3. The van der Waals surface area contributed by atoms with Crippen molar-refractivity contribution < 1.29 is 10.2 Å². The molecule has 0 saturated heterocycles. The highest BCUT2D eigenvalue weighted by Gasteiger charge is 2.22. The van der Waals surface area contributed by atoms with Crippen LogP contribution in [-0.2, 0) is 0 Å². The molecule has 130 valence electrons. The van der Waals surface area contributed by atoms with Gasteiger partial charge in [-0.2, -0.15) is 5.10 Å². The van der Waals surface area contributed by atoms with Gasteiger partial charge < -0.3 is 15.2 Å². The number of thiophene rings is 1. The normalized spacial score (nSPS) is 12.3. The first-order valence-corrected chi connectivity index (χ1v) is 9.01. The molecule has 0 saturated carbocycles. The summed E-state index contributed by atoms with van der Waals surface area (Å²) in [6.07, 6.45) is 2.13. The van der Waals surface area contributed by atoms with Crippen LogP contribution < -0.4 is 0 Å². The minimum Gasteiger partial charge on any atom is -0.364 e. The highest BCUT2D eigenvalue weighted by molar-refractivity contribution is 7.19. The van der Waals surface area contributed by atoms with Crippen LogP contribution in [0.4, 0.5) is 0 Å². The van der Waals surface area contributed by atoms with E-state index in [0.29, 0.717) is 4.88 Å². The number of hydrogen-bond donors (Lipinski definition) is 3. The second kappa shape index (κ2) is 5.66. The number of nitrogens with zero attached hydrogens (tertiary/aromatic N) is 3. The van der Waals surface area contributed by atoms with Gasteiger partial charge in [0.1, 0.15) is 6.33 Å². The Morgan fingerprint density at radius 2 is 1.96 bits per heavy atom. The van der Waals surface area contributed by atoms with E-state index in [1.165, 1.54) is 22.5 Å². The molecule has 25 heavy (non-hydrogen) atoms. The largest absolute Gasteiger partial charge is 0.364 e. The van der Waals surface area contributed by atoms with Crippen molar-refractivity contribution >= 4 is 27.2 Å². The Morgan fingerprint density at radius 3 is 2.64 bits per heavy atom. The summed E-state index contributed by atoms with van der Waals surface area (Å²) in [5.41, 5.74) is 7.41. The molecule has 7 heteroatoms. The maximum Gasteiger partial charge on any atom is 0.188 e. The lowest BCUT2D eigenvalue weighted by atomic mass is 9.96. The van der Waals surface area contributed by atoms with E-state index in [-0.39, 0.29) is 5.92 Å². The molecule has 0 atom stereocenters. The van der Waals surface area contributed by atoms with Crippen LogP contribution in [0.3, 0.4) is 0 Å². The number of pyridine rings is 1. The molecule has 0 aromatic carbocycles. The third-order valence-corrected chi connectivity index (χ3v) is 5.96. The van der Waals surface area contributed by atoms with Gasteiger partial charge in [-0.05, 0) is 42.5 Å². The second-order valence-electron chi connectivity index (χ2n) is 6.65. The van der Waals surface area contributed by atoms with Gasteiger partial charge in [-0.25, -0.2) is 9.50 Å². The van der Waals surface area contributed by atoms with Crippen molar-refractivity contribution in [1.29, 1.82) is 0 Å². The number of nitrogens with one attached hydrogen (secondary N) is 1. The summed E-state index contributed by atoms with van der Waals surface area (Å²) < 4.78 is 2.88. The lowest BCUT2D eigenvalue weighted by molar-refractivity contribution is -0.0395. The maximum absolute atomic E-state index is 9.47. The standard InChI is InChI=1S/C18H20N4O2S/c1-8(2)14-15(21-12-5-13(18(23)24)25-16(12)14)11-6-22-17(19-7-20-22)10(4)9(11)3/h5-8,18,21,23-24H,1-4H3. The zero-order valence-corrected chi connectivity index (χ0v) is 15.3. The van der Waals surface area contributed by atoms with E-state index in [1.807, 2.05) is 12.3 Å². The molecule has 4 rings (SSSR count). The topological polar surface area (TPSA) is 86.4 Å². The van der Waals surface area contributed by atoms with E-state index < -0.39 is 6.29 Å². The van der Waals surface area contributed by atoms with Crippen LogP contribution in [0.1, 0.15) is 47.6 Å². The third kappa shape index (κ3) is 2.38. The van der Waals surface area contributed by atoms with Gasteiger partial charge in [0.25, 0.3) is 0 Å². The Kier molecular flexibility index (Phi) is 3.68. The monoisotopic (exact) mass is 356 g/mol. The van der Waals surface area contributed by atoms with Crippen molar-refractivity contribution in [3.63, 3.8) is 0 Å². The highest BCUT2D eigenvalue weighted by atomic mass is 32.1. The molecular weight excluding hydrogens is 336 g/mol. The smallest absolute Gasteiger partial charge is 0.188 e. The molecule has 0 bridgehead atoms.